The van der Waals surface area contributed by atoms with Crippen molar-refractivity contribution in [3.8, 4) is 5.75 Å². The van der Waals surface area contributed by atoms with E-state index < -0.39 is 0 Å². The number of allylic oxidation sites excluding steroid dienone is 1. The van der Waals surface area contributed by atoms with Crippen LogP contribution in [-0.2, 0) is 9.53 Å². The Labute approximate surface area is 280 Å². The second-order valence-corrected chi connectivity index (χ2v) is 18.6. The van der Waals surface area contributed by atoms with Crippen LogP contribution in [0.5, 0.6) is 5.75 Å². The lowest BCUT2D eigenvalue weighted by Crippen LogP contribution is -2.66. The molecule has 4 heteroatoms. The third-order valence-electron chi connectivity index (χ3n) is 16.0. The number of hydrogen-bond acceptors (Lipinski definition) is 4. The summed E-state index contributed by atoms with van der Waals surface area (Å²) in [5, 5.41) is 11.1. The Morgan fingerprint density at radius 1 is 0.935 bits per heavy atom. The van der Waals surface area contributed by atoms with Gasteiger partial charge in [-0.25, -0.2) is 4.79 Å². The highest BCUT2D eigenvalue weighted by Crippen LogP contribution is 2.77. The van der Waals surface area contributed by atoms with Crippen molar-refractivity contribution in [3.63, 3.8) is 0 Å². The smallest absolute Gasteiger partial charge is 0.344 e. The molecule has 256 valence electrons. The molecule has 5 aliphatic carbocycles. The molecule has 0 spiro atoms. The zero-order valence-corrected chi connectivity index (χ0v) is 30.6. The van der Waals surface area contributed by atoms with Gasteiger partial charge in [0.05, 0.1) is 12.7 Å². The number of aliphatic hydroxyl groups is 1. The minimum absolute atomic E-state index is 0.0200. The molecule has 0 unspecified atom stereocenters. The monoisotopic (exact) mass is 632 g/mol. The summed E-state index contributed by atoms with van der Waals surface area (Å²) >= 11 is 0. The quantitative estimate of drug-likeness (QED) is 0.240. The van der Waals surface area contributed by atoms with E-state index in [0.29, 0.717) is 42.1 Å². The third kappa shape index (κ3) is 5.04. The maximum absolute atomic E-state index is 13.2. The first-order valence-corrected chi connectivity index (χ1v) is 18.7. The Hall–Kier alpha value is -1.81. The molecule has 0 aromatic heterocycles. The van der Waals surface area contributed by atoms with Gasteiger partial charge in [-0.3, -0.25) is 0 Å². The van der Waals surface area contributed by atoms with Gasteiger partial charge < -0.3 is 14.6 Å². The molecule has 4 nitrogen and oxygen atoms in total. The van der Waals surface area contributed by atoms with E-state index in [4.69, 9.17) is 9.47 Å². The lowest BCUT2D eigenvalue weighted by atomic mass is 9.32. The van der Waals surface area contributed by atoms with Crippen LogP contribution >= 0.6 is 0 Å². The minimum atomic E-state index is -0.251. The molecule has 1 N–H and O–H groups in total. The van der Waals surface area contributed by atoms with Gasteiger partial charge in [-0.05, 0) is 152 Å². The van der Waals surface area contributed by atoms with Crippen molar-refractivity contribution >= 4 is 5.97 Å². The maximum Gasteiger partial charge on any atom is 0.344 e. The largest absolute Gasteiger partial charge is 0.482 e. The van der Waals surface area contributed by atoms with Crippen molar-refractivity contribution in [1.29, 1.82) is 0 Å². The second kappa shape index (κ2) is 11.7. The van der Waals surface area contributed by atoms with Crippen molar-refractivity contribution in [3.05, 3.63) is 41.5 Å². The minimum Gasteiger partial charge on any atom is -0.482 e. The van der Waals surface area contributed by atoms with Crippen LogP contribution in [0, 0.1) is 63.6 Å². The lowest BCUT2D eigenvalue weighted by Gasteiger charge is -2.73. The van der Waals surface area contributed by atoms with Crippen molar-refractivity contribution < 1.29 is 19.4 Å². The predicted molar refractivity (Wildman–Crippen MR) is 187 cm³/mol. The Morgan fingerprint density at radius 3 is 2.37 bits per heavy atom. The number of hydrogen-bond donors (Lipinski definition) is 1. The molecular formula is C42H64O4. The maximum atomic E-state index is 13.2. The van der Waals surface area contributed by atoms with Crippen LogP contribution in [0.2, 0.25) is 0 Å². The molecule has 0 heterocycles. The first-order valence-electron chi connectivity index (χ1n) is 18.7. The Morgan fingerprint density at radius 2 is 1.67 bits per heavy atom. The van der Waals surface area contributed by atoms with Gasteiger partial charge in [-0.1, -0.05) is 72.8 Å². The Balaban J connectivity index is 1.22. The molecule has 1 aromatic rings. The molecule has 0 aliphatic heterocycles. The summed E-state index contributed by atoms with van der Waals surface area (Å²) in [6.07, 6.45) is 11.6. The van der Waals surface area contributed by atoms with E-state index in [0.717, 1.165) is 43.4 Å². The van der Waals surface area contributed by atoms with E-state index in [1.165, 1.54) is 43.2 Å². The molecule has 6 rings (SSSR count). The highest BCUT2D eigenvalue weighted by molar-refractivity contribution is 5.71. The summed E-state index contributed by atoms with van der Waals surface area (Å²) < 4.78 is 12.2. The summed E-state index contributed by atoms with van der Waals surface area (Å²) in [5.74, 6) is 3.83. The SMILES string of the molecule is C=C(C)[C@@H]1CC[C@]2(COC(=O)COc3cc(C(C)C)ccc3C)CC[C@]3(C)[C@H](CC[C@@H]4[C@@]5(C)CC[C@H](O)C(C)(C)[C@@H]5CC[C@]43C)[C@@H]12. The lowest BCUT2D eigenvalue weighted by molar-refractivity contribution is -0.250. The van der Waals surface area contributed by atoms with Crippen LogP contribution in [0.4, 0.5) is 0 Å². The van der Waals surface area contributed by atoms with Crippen LogP contribution in [0.3, 0.4) is 0 Å². The third-order valence-corrected chi connectivity index (χ3v) is 16.0. The molecule has 0 amide bonds. The molecule has 0 radical (unpaired) electrons. The summed E-state index contributed by atoms with van der Waals surface area (Å²) in [5.41, 5.74) is 4.40. The molecule has 5 saturated carbocycles. The van der Waals surface area contributed by atoms with Gasteiger partial charge in [0.1, 0.15) is 5.75 Å². The Bertz CT molecular complexity index is 1340. The van der Waals surface area contributed by atoms with Crippen molar-refractivity contribution in [2.45, 2.75) is 139 Å². The molecule has 1 aromatic carbocycles. The van der Waals surface area contributed by atoms with Gasteiger partial charge in [-0.2, -0.15) is 0 Å². The topological polar surface area (TPSA) is 55.8 Å². The Kier molecular flexibility index (Phi) is 8.64. The fourth-order valence-corrected chi connectivity index (χ4v) is 13.1. The number of benzene rings is 1. The standard InChI is InChI=1S/C42H64O4/c1-26(2)29-12-11-28(5)32(23-29)45-24-36(44)46-25-42-20-15-30(27(3)4)37(42)31-13-14-34-39(8)18-17-35(43)38(6,7)33(39)16-19-41(34,10)40(31,9)21-22-42/h11-12,23,26,30-31,33-35,37,43H,3,13-22,24-25H2,1-2,4-10H3/t30-,31+,33-,34+,35-,37+,39-,40+,41+,42+/m0/s1. The normalized spacial score (nSPS) is 42.8. The van der Waals surface area contributed by atoms with Gasteiger partial charge in [0, 0.05) is 5.41 Å². The average Bonchev–Trinajstić information content (AvgIpc) is 3.38. The number of aryl methyl sites for hydroxylation is 1. The van der Waals surface area contributed by atoms with Crippen molar-refractivity contribution in [2.75, 3.05) is 13.2 Å². The van der Waals surface area contributed by atoms with Crippen LogP contribution in [-0.4, -0.2) is 30.4 Å². The molecule has 10 atom stereocenters. The van der Waals surface area contributed by atoms with Gasteiger partial charge in [0.25, 0.3) is 0 Å². The summed E-state index contributed by atoms with van der Waals surface area (Å²) in [6.45, 7) is 26.3. The highest BCUT2D eigenvalue weighted by atomic mass is 16.6. The van der Waals surface area contributed by atoms with Crippen LogP contribution < -0.4 is 4.74 Å². The summed E-state index contributed by atoms with van der Waals surface area (Å²) in [4.78, 5) is 13.2. The van der Waals surface area contributed by atoms with Crippen LogP contribution in [0.15, 0.2) is 30.4 Å². The van der Waals surface area contributed by atoms with Gasteiger partial charge in [0.2, 0.25) is 0 Å². The number of aliphatic hydroxyl groups excluding tert-OH is 1. The molecule has 0 saturated heterocycles. The molecular weight excluding hydrogens is 568 g/mol. The second-order valence-electron chi connectivity index (χ2n) is 18.6. The number of carbonyl (C=O) groups excluding carboxylic acids is 1. The van der Waals surface area contributed by atoms with Crippen LogP contribution in [0.25, 0.3) is 0 Å². The number of ether oxygens (including phenoxy) is 2. The van der Waals surface area contributed by atoms with E-state index in [1.54, 1.807) is 0 Å². The average molecular weight is 633 g/mol. The van der Waals surface area contributed by atoms with Crippen LogP contribution in [0.1, 0.15) is 137 Å². The molecule has 0 bridgehead atoms. The number of carbonyl (C=O) groups is 1. The van der Waals surface area contributed by atoms with E-state index >= 15 is 0 Å². The molecule has 5 aliphatic rings. The number of rotatable bonds is 7. The fraction of sp³-hybridized carbons (Fsp3) is 0.786. The van der Waals surface area contributed by atoms with Gasteiger partial charge in [-0.15, -0.1) is 0 Å². The van der Waals surface area contributed by atoms with Gasteiger partial charge in [0.15, 0.2) is 6.61 Å². The zero-order valence-electron chi connectivity index (χ0n) is 30.6. The molecule has 5 fully saturated rings. The highest BCUT2D eigenvalue weighted by Gasteiger charge is 2.71. The van der Waals surface area contributed by atoms with E-state index in [9.17, 15) is 9.90 Å². The number of esters is 1. The van der Waals surface area contributed by atoms with Gasteiger partial charge >= 0.3 is 5.97 Å². The van der Waals surface area contributed by atoms with E-state index in [2.05, 4.69) is 80.2 Å². The first kappa shape index (κ1) is 34.1. The zero-order chi connectivity index (χ0) is 33.4. The van der Waals surface area contributed by atoms with Crippen molar-refractivity contribution in [1.82, 2.24) is 0 Å². The van der Waals surface area contributed by atoms with Crippen molar-refractivity contribution in [2.24, 2.45) is 56.7 Å². The van der Waals surface area contributed by atoms with E-state index in [1.807, 2.05) is 6.92 Å². The summed E-state index contributed by atoms with van der Waals surface area (Å²) in [6, 6.07) is 6.29. The van der Waals surface area contributed by atoms with E-state index in [-0.39, 0.29) is 45.8 Å². The number of fused-ring (bicyclic) bond motifs is 7. The first-order chi connectivity index (χ1) is 21.5. The predicted octanol–water partition coefficient (Wildman–Crippen LogP) is 10.1. The summed E-state index contributed by atoms with van der Waals surface area (Å²) in [7, 11) is 0. The fourth-order valence-electron chi connectivity index (χ4n) is 13.1. The molecule has 46 heavy (non-hydrogen) atoms.